The van der Waals surface area contributed by atoms with Crippen molar-refractivity contribution in [2.24, 2.45) is 5.92 Å². The van der Waals surface area contributed by atoms with Crippen LogP contribution in [0.15, 0.2) is 0 Å². The van der Waals surface area contributed by atoms with Crippen LogP contribution in [-0.2, 0) is 12.8 Å². The van der Waals surface area contributed by atoms with Gasteiger partial charge < -0.3 is 15.1 Å². The molecule has 0 aromatic carbocycles. The molecule has 1 aliphatic carbocycles. The van der Waals surface area contributed by atoms with Crippen LogP contribution < -0.4 is 10.2 Å². The van der Waals surface area contributed by atoms with Crippen molar-refractivity contribution in [3.8, 4) is 0 Å². The van der Waals surface area contributed by atoms with Gasteiger partial charge in [-0.2, -0.15) is 0 Å². The van der Waals surface area contributed by atoms with Crippen LogP contribution in [0.5, 0.6) is 0 Å². The van der Waals surface area contributed by atoms with Gasteiger partial charge in [-0.1, -0.05) is 20.8 Å². The Morgan fingerprint density at radius 2 is 2.00 bits per heavy atom. The Bertz CT molecular complexity index is 887. The number of thiophene rings is 1. The molecule has 6 nitrogen and oxygen atoms in total. The van der Waals surface area contributed by atoms with Crippen molar-refractivity contribution in [2.45, 2.75) is 59.3 Å². The largest absolute Gasteiger partial charge is 0.352 e. The van der Waals surface area contributed by atoms with E-state index in [4.69, 9.17) is 9.97 Å². The summed E-state index contributed by atoms with van der Waals surface area (Å²) in [7, 11) is 0. The van der Waals surface area contributed by atoms with Gasteiger partial charge in [0.15, 0.2) is 0 Å². The Morgan fingerprint density at radius 1 is 1.24 bits per heavy atom. The molecule has 2 atom stereocenters. The lowest BCUT2D eigenvalue weighted by molar-refractivity contribution is 0.195. The number of piperazine rings is 1. The van der Waals surface area contributed by atoms with Gasteiger partial charge >= 0.3 is 6.03 Å². The smallest absolute Gasteiger partial charge is 0.317 e. The first-order valence-electron chi connectivity index (χ1n) is 11.1. The third kappa shape index (κ3) is 3.93. The van der Waals surface area contributed by atoms with Crippen LogP contribution >= 0.6 is 11.3 Å². The van der Waals surface area contributed by atoms with E-state index in [2.05, 4.69) is 31.0 Å². The van der Waals surface area contributed by atoms with Gasteiger partial charge in [0, 0.05) is 43.5 Å². The third-order valence-corrected chi connectivity index (χ3v) is 7.55. The van der Waals surface area contributed by atoms with Gasteiger partial charge in [-0.15, -0.1) is 11.3 Å². The number of nitrogens with one attached hydrogen (secondary N) is 1. The van der Waals surface area contributed by atoms with Crippen LogP contribution in [-0.4, -0.2) is 53.6 Å². The van der Waals surface area contributed by atoms with Gasteiger partial charge in [0.2, 0.25) is 0 Å². The molecule has 7 heteroatoms. The number of urea groups is 1. The Morgan fingerprint density at radius 3 is 2.69 bits per heavy atom. The normalized spacial score (nSPS) is 20.6. The Kier molecular flexibility index (Phi) is 5.95. The van der Waals surface area contributed by atoms with E-state index in [0.29, 0.717) is 12.5 Å². The molecular formula is C22H33N5OS. The zero-order valence-corrected chi connectivity index (χ0v) is 18.9. The number of fused-ring (bicyclic) bond motifs is 3. The van der Waals surface area contributed by atoms with Gasteiger partial charge in [0.1, 0.15) is 16.5 Å². The second-order valence-electron chi connectivity index (χ2n) is 8.56. The molecule has 0 bridgehead atoms. The Labute approximate surface area is 177 Å². The van der Waals surface area contributed by atoms with Crippen LogP contribution in [0.4, 0.5) is 10.6 Å². The zero-order valence-electron chi connectivity index (χ0n) is 18.1. The van der Waals surface area contributed by atoms with Crippen molar-refractivity contribution in [1.29, 1.82) is 0 Å². The first-order valence-corrected chi connectivity index (χ1v) is 11.9. The fourth-order valence-corrected chi connectivity index (χ4v) is 5.74. The molecular weight excluding hydrogens is 382 g/mol. The summed E-state index contributed by atoms with van der Waals surface area (Å²) in [5.74, 6) is 3.18. The highest BCUT2D eigenvalue weighted by Gasteiger charge is 2.29. The van der Waals surface area contributed by atoms with Gasteiger partial charge in [0.05, 0.1) is 5.39 Å². The molecule has 1 fully saturated rings. The number of hydrogen-bond acceptors (Lipinski definition) is 5. The molecule has 4 rings (SSSR count). The summed E-state index contributed by atoms with van der Waals surface area (Å²) in [6.45, 7) is 12.5. The van der Waals surface area contributed by atoms with Crippen LogP contribution in [0.2, 0.25) is 0 Å². The van der Waals surface area contributed by atoms with E-state index in [1.54, 1.807) is 0 Å². The number of carbonyl (C=O) groups is 1. The summed E-state index contributed by atoms with van der Waals surface area (Å²) < 4.78 is 0. The lowest BCUT2D eigenvalue weighted by atomic mass is 9.89. The third-order valence-electron chi connectivity index (χ3n) is 6.40. The van der Waals surface area contributed by atoms with Gasteiger partial charge in [-0.25, -0.2) is 14.8 Å². The first-order chi connectivity index (χ1) is 14.0. The average molecular weight is 416 g/mol. The summed E-state index contributed by atoms with van der Waals surface area (Å²) in [5.41, 5.74) is 1.49. The molecule has 3 heterocycles. The predicted octanol–water partition coefficient (Wildman–Crippen LogP) is 4.18. The minimum Gasteiger partial charge on any atom is -0.352 e. The molecule has 2 amide bonds. The molecule has 2 unspecified atom stereocenters. The van der Waals surface area contributed by atoms with Crippen molar-refractivity contribution in [3.63, 3.8) is 0 Å². The minimum absolute atomic E-state index is 0.0437. The highest BCUT2D eigenvalue weighted by atomic mass is 32.1. The van der Waals surface area contributed by atoms with E-state index in [1.165, 1.54) is 28.7 Å². The van der Waals surface area contributed by atoms with Gasteiger partial charge in [-0.05, 0) is 44.1 Å². The molecule has 0 radical (unpaired) electrons. The molecule has 1 N–H and O–H groups in total. The fraction of sp³-hybridized carbons (Fsp3) is 0.682. The maximum absolute atomic E-state index is 12.2. The molecule has 2 aromatic heterocycles. The summed E-state index contributed by atoms with van der Waals surface area (Å²) in [6.07, 6.45) is 4.59. The average Bonchev–Trinajstić information content (AvgIpc) is 3.10. The molecule has 2 aliphatic rings. The molecule has 2 aromatic rings. The van der Waals surface area contributed by atoms with E-state index in [-0.39, 0.29) is 6.03 Å². The van der Waals surface area contributed by atoms with Crippen LogP contribution in [0.25, 0.3) is 10.2 Å². The zero-order chi connectivity index (χ0) is 20.5. The van der Waals surface area contributed by atoms with E-state index in [1.807, 2.05) is 23.2 Å². The number of amides is 2. The summed E-state index contributed by atoms with van der Waals surface area (Å²) in [5, 5.41) is 4.20. The number of carbonyl (C=O) groups excluding carboxylic acids is 1. The molecule has 1 aliphatic heterocycles. The highest BCUT2D eigenvalue weighted by Crippen LogP contribution is 2.41. The molecule has 29 heavy (non-hydrogen) atoms. The number of nitrogens with zero attached hydrogens (tertiary/aromatic N) is 4. The van der Waals surface area contributed by atoms with Crippen molar-refractivity contribution >= 4 is 33.4 Å². The van der Waals surface area contributed by atoms with E-state index in [0.717, 1.165) is 61.4 Å². The summed E-state index contributed by atoms with van der Waals surface area (Å²) in [6, 6.07) is 0.0437. The van der Waals surface area contributed by atoms with Crippen molar-refractivity contribution < 1.29 is 4.79 Å². The minimum atomic E-state index is 0.0437. The second kappa shape index (κ2) is 8.46. The van der Waals surface area contributed by atoms with E-state index in [9.17, 15) is 4.79 Å². The number of aromatic nitrogens is 2. The van der Waals surface area contributed by atoms with Crippen molar-refractivity contribution in [3.05, 3.63) is 16.3 Å². The summed E-state index contributed by atoms with van der Waals surface area (Å²) >= 11 is 1.88. The Balaban J connectivity index is 1.70. The predicted molar refractivity (Wildman–Crippen MR) is 120 cm³/mol. The quantitative estimate of drug-likeness (QED) is 0.814. The standard InChI is InChI=1S/C22H33N5OS/c1-5-15(4)19-24-20(26-9-11-27(12-10-26)22(28)23-6-2)18-16-8-7-14(3)13-17(16)29-21(18)25-19/h14-15H,5-13H2,1-4H3,(H,23,28). The number of hydrogen-bond donors (Lipinski definition) is 1. The van der Waals surface area contributed by atoms with E-state index < -0.39 is 0 Å². The maximum Gasteiger partial charge on any atom is 0.317 e. The molecule has 0 saturated carbocycles. The topological polar surface area (TPSA) is 61.4 Å². The molecule has 0 spiro atoms. The van der Waals surface area contributed by atoms with Crippen molar-refractivity contribution in [2.75, 3.05) is 37.6 Å². The molecule has 158 valence electrons. The Hall–Kier alpha value is -1.89. The lowest BCUT2D eigenvalue weighted by Gasteiger charge is -2.36. The number of aryl methyl sites for hydroxylation is 1. The van der Waals surface area contributed by atoms with Gasteiger partial charge in [0.25, 0.3) is 0 Å². The maximum atomic E-state index is 12.2. The lowest BCUT2D eigenvalue weighted by Crippen LogP contribution is -2.52. The van der Waals surface area contributed by atoms with Crippen LogP contribution in [0.1, 0.15) is 62.7 Å². The van der Waals surface area contributed by atoms with Crippen molar-refractivity contribution in [1.82, 2.24) is 20.2 Å². The fourth-order valence-electron chi connectivity index (χ4n) is 4.36. The highest BCUT2D eigenvalue weighted by molar-refractivity contribution is 7.19. The SMILES string of the molecule is CCNC(=O)N1CCN(c2nc(C(C)CC)nc3sc4c(c23)CCC(C)C4)CC1. The number of rotatable bonds is 4. The van der Waals surface area contributed by atoms with E-state index >= 15 is 0 Å². The van der Waals surface area contributed by atoms with Crippen LogP contribution in [0, 0.1) is 5.92 Å². The molecule has 1 saturated heterocycles. The number of anilines is 1. The summed E-state index contributed by atoms with van der Waals surface area (Å²) in [4.78, 5) is 29.3. The second-order valence-corrected chi connectivity index (χ2v) is 9.64. The first kappa shape index (κ1) is 20.4. The monoisotopic (exact) mass is 415 g/mol. The van der Waals surface area contributed by atoms with Crippen LogP contribution in [0.3, 0.4) is 0 Å². The van der Waals surface area contributed by atoms with Gasteiger partial charge in [-0.3, -0.25) is 0 Å².